The Kier molecular flexibility index (Phi) is 4.32. The number of hydrogen-bond donors (Lipinski definition) is 1. The van der Waals surface area contributed by atoms with Gasteiger partial charge in [-0.1, -0.05) is 38.1 Å². The molecular weight excluding hydrogens is 220 g/mol. The van der Waals surface area contributed by atoms with Gasteiger partial charge in [-0.2, -0.15) is 0 Å². The van der Waals surface area contributed by atoms with E-state index in [0.29, 0.717) is 12.0 Å². The molecule has 0 aliphatic carbocycles. The zero-order chi connectivity index (χ0) is 13.0. The highest BCUT2D eigenvalue weighted by Crippen LogP contribution is 2.28. The summed E-state index contributed by atoms with van der Waals surface area (Å²) in [5.41, 5.74) is 1.23. The highest BCUT2D eigenvalue weighted by atomic mass is 14.9. The summed E-state index contributed by atoms with van der Waals surface area (Å²) in [5, 5.41) is 6.09. The molecule has 1 N–H and O–H groups in total. The van der Waals surface area contributed by atoms with Crippen LogP contribution in [0.5, 0.6) is 0 Å². The molecule has 0 spiro atoms. The molecule has 0 fully saturated rings. The average molecular weight is 242 g/mol. The second-order valence-electron chi connectivity index (χ2n) is 4.78. The third-order valence-electron chi connectivity index (χ3n) is 3.63. The van der Waals surface area contributed by atoms with Gasteiger partial charge >= 0.3 is 0 Å². The van der Waals surface area contributed by atoms with Crippen molar-refractivity contribution < 1.29 is 0 Å². The Balaban J connectivity index is 2.44. The molecule has 0 aliphatic heterocycles. The predicted octanol–water partition coefficient (Wildman–Crippen LogP) is 3.73. The Morgan fingerprint density at radius 3 is 2.67 bits per heavy atom. The lowest BCUT2D eigenvalue weighted by molar-refractivity contribution is 0.455. The fourth-order valence-electron chi connectivity index (χ4n) is 2.69. The van der Waals surface area contributed by atoms with Crippen molar-refractivity contribution in [2.75, 3.05) is 6.54 Å². The van der Waals surface area contributed by atoms with Gasteiger partial charge in [0.2, 0.25) is 0 Å². The van der Waals surface area contributed by atoms with Crippen LogP contribution in [-0.4, -0.2) is 17.6 Å². The van der Waals surface area contributed by atoms with E-state index in [0.717, 1.165) is 13.0 Å². The Morgan fingerprint density at radius 2 is 1.94 bits per heavy atom. The lowest BCUT2D eigenvalue weighted by atomic mass is 9.91. The summed E-state index contributed by atoms with van der Waals surface area (Å²) in [5.74, 6) is 0.469. The second kappa shape index (κ2) is 5.96. The van der Waals surface area contributed by atoms with Crippen LogP contribution < -0.4 is 5.32 Å². The van der Waals surface area contributed by atoms with Gasteiger partial charge in [0, 0.05) is 23.5 Å². The van der Waals surface area contributed by atoms with E-state index < -0.39 is 0 Å². The Hall–Kier alpha value is -1.41. The van der Waals surface area contributed by atoms with Crippen LogP contribution in [0.1, 0.15) is 38.8 Å². The normalized spacial score (nSPS) is 14.6. The van der Waals surface area contributed by atoms with E-state index >= 15 is 0 Å². The summed E-state index contributed by atoms with van der Waals surface area (Å²) in [6.07, 6.45) is 3.04. The van der Waals surface area contributed by atoms with E-state index in [1.807, 2.05) is 6.20 Å². The van der Waals surface area contributed by atoms with E-state index in [9.17, 15) is 0 Å². The number of benzene rings is 1. The third kappa shape index (κ3) is 2.54. The minimum Gasteiger partial charge on any atom is -0.314 e. The van der Waals surface area contributed by atoms with Crippen LogP contribution in [0.2, 0.25) is 0 Å². The smallest absolute Gasteiger partial charge is 0.0528 e. The SMILES string of the molecule is CCNC(C)C(CC)c1nccc2ccccc12. The van der Waals surface area contributed by atoms with Crippen molar-refractivity contribution in [3.05, 3.63) is 42.2 Å². The van der Waals surface area contributed by atoms with E-state index in [-0.39, 0.29) is 0 Å². The summed E-state index contributed by atoms with van der Waals surface area (Å²) in [7, 11) is 0. The molecule has 0 saturated carbocycles. The molecule has 1 aromatic heterocycles. The summed E-state index contributed by atoms with van der Waals surface area (Å²) in [6, 6.07) is 11.1. The molecule has 18 heavy (non-hydrogen) atoms. The minimum atomic E-state index is 0.457. The van der Waals surface area contributed by atoms with Gasteiger partial charge < -0.3 is 5.32 Å². The van der Waals surface area contributed by atoms with Gasteiger partial charge in [0.05, 0.1) is 5.69 Å². The van der Waals surface area contributed by atoms with Crippen molar-refractivity contribution in [3.63, 3.8) is 0 Å². The summed E-state index contributed by atoms with van der Waals surface area (Å²) < 4.78 is 0. The van der Waals surface area contributed by atoms with Crippen molar-refractivity contribution in [3.8, 4) is 0 Å². The summed E-state index contributed by atoms with van der Waals surface area (Å²) in [4.78, 5) is 4.64. The van der Waals surface area contributed by atoms with E-state index in [4.69, 9.17) is 0 Å². The molecule has 2 nitrogen and oxygen atoms in total. The highest BCUT2D eigenvalue weighted by molar-refractivity contribution is 5.84. The van der Waals surface area contributed by atoms with E-state index in [1.54, 1.807) is 0 Å². The second-order valence-corrected chi connectivity index (χ2v) is 4.78. The number of hydrogen-bond acceptors (Lipinski definition) is 2. The standard InChI is InChI=1S/C16H22N2/c1-4-14(12(3)17-5-2)16-15-9-7-6-8-13(15)10-11-18-16/h6-12,14,17H,4-5H2,1-3H3. The molecule has 2 unspecified atom stereocenters. The highest BCUT2D eigenvalue weighted by Gasteiger charge is 2.19. The number of aromatic nitrogens is 1. The first-order valence-corrected chi connectivity index (χ1v) is 6.85. The van der Waals surface area contributed by atoms with Gasteiger partial charge in [0.1, 0.15) is 0 Å². The molecule has 2 atom stereocenters. The first-order chi connectivity index (χ1) is 8.77. The Morgan fingerprint density at radius 1 is 1.17 bits per heavy atom. The number of pyridine rings is 1. The first kappa shape index (κ1) is 13.0. The zero-order valence-electron chi connectivity index (χ0n) is 11.5. The Labute approximate surface area is 109 Å². The quantitative estimate of drug-likeness (QED) is 0.864. The predicted molar refractivity (Wildman–Crippen MR) is 77.9 cm³/mol. The average Bonchev–Trinajstić information content (AvgIpc) is 2.40. The number of fused-ring (bicyclic) bond motifs is 1. The minimum absolute atomic E-state index is 0.457. The van der Waals surface area contributed by atoms with Crippen molar-refractivity contribution in [2.24, 2.45) is 0 Å². The van der Waals surface area contributed by atoms with E-state index in [1.165, 1.54) is 16.5 Å². The van der Waals surface area contributed by atoms with E-state index in [2.05, 4.69) is 61.4 Å². The molecule has 2 aromatic rings. The van der Waals surface area contributed by atoms with Gasteiger partial charge in [0.15, 0.2) is 0 Å². The van der Waals surface area contributed by atoms with Crippen molar-refractivity contribution >= 4 is 10.8 Å². The lowest BCUT2D eigenvalue weighted by Crippen LogP contribution is -2.32. The molecule has 0 radical (unpaired) electrons. The topological polar surface area (TPSA) is 24.9 Å². The summed E-state index contributed by atoms with van der Waals surface area (Å²) >= 11 is 0. The maximum absolute atomic E-state index is 4.64. The van der Waals surface area contributed by atoms with Gasteiger partial charge in [-0.3, -0.25) is 4.98 Å². The molecule has 1 aromatic carbocycles. The fourth-order valence-corrected chi connectivity index (χ4v) is 2.69. The maximum atomic E-state index is 4.64. The molecule has 96 valence electrons. The van der Waals surface area contributed by atoms with Gasteiger partial charge in [-0.05, 0) is 31.3 Å². The van der Waals surface area contributed by atoms with Crippen LogP contribution in [-0.2, 0) is 0 Å². The number of rotatable bonds is 5. The first-order valence-electron chi connectivity index (χ1n) is 6.85. The molecule has 0 aliphatic rings. The zero-order valence-corrected chi connectivity index (χ0v) is 11.5. The molecule has 0 bridgehead atoms. The number of nitrogens with zero attached hydrogens (tertiary/aromatic N) is 1. The lowest BCUT2D eigenvalue weighted by Gasteiger charge is -2.24. The van der Waals surface area contributed by atoms with Crippen LogP contribution in [0.15, 0.2) is 36.5 Å². The fraction of sp³-hybridized carbons (Fsp3) is 0.438. The van der Waals surface area contributed by atoms with Gasteiger partial charge in [-0.15, -0.1) is 0 Å². The summed E-state index contributed by atoms with van der Waals surface area (Å²) in [6.45, 7) is 7.64. The molecule has 0 saturated heterocycles. The molecule has 2 rings (SSSR count). The van der Waals surface area contributed by atoms with Crippen LogP contribution in [0.4, 0.5) is 0 Å². The molecule has 2 heteroatoms. The number of nitrogens with one attached hydrogen (secondary N) is 1. The van der Waals surface area contributed by atoms with Crippen molar-refractivity contribution in [1.29, 1.82) is 0 Å². The van der Waals surface area contributed by atoms with Gasteiger partial charge in [0.25, 0.3) is 0 Å². The number of likely N-dealkylation sites (N-methyl/N-ethyl adjacent to an activating group) is 1. The van der Waals surface area contributed by atoms with Crippen LogP contribution >= 0.6 is 0 Å². The third-order valence-corrected chi connectivity index (χ3v) is 3.63. The molecule has 0 amide bonds. The van der Waals surface area contributed by atoms with Gasteiger partial charge in [-0.25, -0.2) is 0 Å². The maximum Gasteiger partial charge on any atom is 0.0528 e. The molecule has 1 heterocycles. The van der Waals surface area contributed by atoms with Crippen molar-refractivity contribution in [2.45, 2.75) is 39.2 Å². The van der Waals surface area contributed by atoms with Crippen LogP contribution in [0.25, 0.3) is 10.8 Å². The molecular formula is C16H22N2. The van der Waals surface area contributed by atoms with Crippen molar-refractivity contribution in [1.82, 2.24) is 10.3 Å². The monoisotopic (exact) mass is 242 g/mol. The Bertz CT molecular complexity index is 502. The van der Waals surface area contributed by atoms with Crippen LogP contribution in [0, 0.1) is 0 Å². The van der Waals surface area contributed by atoms with Crippen LogP contribution in [0.3, 0.4) is 0 Å². The largest absolute Gasteiger partial charge is 0.314 e.